The highest BCUT2D eigenvalue weighted by atomic mass is 79.9. The Labute approximate surface area is 167 Å². The lowest BCUT2D eigenvalue weighted by molar-refractivity contribution is -0.687. The van der Waals surface area contributed by atoms with Crippen LogP contribution in [0.2, 0.25) is 0 Å². The van der Waals surface area contributed by atoms with Crippen LogP contribution in [0.25, 0.3) is 22.8 Å². The molecule has 3 nitrogen and oxygen atoms in total. The molecule has 0 atom stereocenters. The molecule has 2 aromatic carbocycles. The van der Waals surface area contributed by atoms with E-state index in [9.17, 15) is 4.39 Å². The van der Waals surface area contributed by atoms with Crippen molar-refractivity contribution in [3.8, 4) is 22.8 Å². The largest absolute Gasteiger partial charge is 1.00 e. The third-order valence-corrected chi connectivity index (χ3v) is 4.23. The van der Waals surface area contributed by atoms with Crippen molar-refractivity contribution in [1.82, 2.24) is 4.98 Å². The number of nitrogens with zero attached hydrogens (tertiary/aromatic N) is 2. The minimum Gasteiger partial charge on any atom is -1.00 e. The van der Waals surface area contributed by atoms with Crippen LogP contribution in [0, 0.1) is 12.7 Å². The molecule has 4 aromatic rings. The number of oxazole rings is 1. The topological polar surface area (TPSA) is 29.9 Å². The van der Waals surface area contributed by atoms with Gasteiger partial charge in [0.25, 0.3) is 0 Å². The van der Waals surface area contributed by atoms with Gasteiger partial charge in [0, 0.05) is 17.2 Å². The monoisotopic (exact) mass is 424 g/mol. The molecule has 0 radical (unpaired) electrons. The van der Waals surface area contributed by atoms with E-state index >= 15 is 0 Å². The molecule has 0 saturated heterocycles. The molecule has 27 heavy (non-hydrogen) atoms. The third-order valence-electron chi connectivity index (χ3n) is 4.23. The van der Waals surface area contributed by atoms with Crippen molar-refractivity contribution in [1.29, 1.82) is 0 Å². The van der Waals surface area contributed by atoms with Crippen molar-refractivity contribution in [2.75, 3.05) is 0 Å². The van der Waals surface area contributed by atoms with Crippen molar-refractivity contribution in [3.63, 3.8) is 0 Å². The highest BCUT2D eigenvalue weighted by Crippen LogP contribution is 2.25. The number of aryl methyl sites for hydroxylation is 1. The summed E-state index contributed by atoms with van der Waals surface area (Å²) in [5.74, 6) is 1.10. The number of rotatable bonds is 4. The minimum atomic E-state index is -0.226. The van der Waals surface area contributed by atoms with E-state index in [2.05, 4.69) is 24.0 Å². The van der Waals surface area contributed by atoms with Gasteiger partial charge in [0.15, 0.2) is 24.7 Å². The quantitative estimate of drug-likeness (QED) is 0.467. The van der Waals surface area contributed by atoms with Gasteiger partial charge in [-0.2, -0.15) is 4.57 Å². The molecule has 0 bridgehead atoms. The number of halogens is 2. The molecule has 0 saturated carbocycles. The molecule has 0 N–H and O–H groups in total. The van der Waals surface area contributed by atoms with Gasteiger partial charge in [-0.05, 0) is 37.3 Å². The Morgan fingerprint density at radius 1 is 0.963 bits per heavy atom. The predicted octanol–water partition coefficient (Wildman–Crippen LogP) is 1.80. The molecule has 0 unspecified atom stereocenters. The summed E-state index contributed by atoms with van der Waals surface area (Å²) in [5.41, 5.74) is 4.14. The van der Waals surface area contributed by atoms with Gasteiger partial charge in [0.05, 0.1) is 6.20 Å². The summed E-state index contributed by atoms with van der Waals surface area (Å²) < 4.78 is 21.0. The maximum absolute atomic E-state index is 13.0. The van der Waals surface area contributed by atoms with Crippen molar-refractivity contribution in [3.05, 3.63) is 96.2 Å². The first-order chi connectivity index (χ1) is 12.7. The molecule has 2 aromatic heterocycles. The maximum atomic E-state index is 13.0. The second-order valence-corrected chi connectivity index (χ2v) is 6.29. The van der Waals surface area contributed by atoms with Gasteiger partial charge in [-0.1, -0.05) is 29.8 Å². The van der Waals surface area contributed by atoms with Gasteiger partial charge in [-0.25, -0.2) is 9.37 Å². The summed E-state index contributed by atoms with van der Waals surface area (Å²) in [6.45, 7) is 2.71. The SMILES string of the molecule is Cc1ccc(-c2cnc(-c3ccc[n+](Cc4ccc(F)cc4)c3)o2)cc1.[Br-]. The predicted molar refractivity (Wildman–Crippen MR) is 97.8 cm³/mol. The number of hydrogen-bond donors (Lipinski definition) is 0. The van der Waals surface area contributed by atoms with Crippen LogP contribution in [0.15, 0.2) is 83.7 Å². The van der Waals surface area contributed by atoms with Crippen molar-refractivity contribution >= 4 is 0 Å². The summed E-state index contributed by atoms with van der Waals surface area (Å²) in [5, 5.41) is 0. The van der Waals surface area contributed by atoms with E-state index in [-0.39, 0.29) is 22.8 Å². The highest BCUT2D eigenvalue weighted by molar-refractivity contribution is 5.60. The zero-order valence-corrected chi connectivity index (χ0v) is 16.4. The Bertz CT molecular complexity index is 1030. The van der Waals surface area contributed by atoms with Gasteiger partial charge in [-0.3, -0.25) is 0 Å². The highest BCUT2D eigenvalue weighted by Gasteiger charge is 2.12. The second-order valence-electron chi connectivity index (χ2n) is 6.29. The standard InChI is InChI=1S/C22H18FN2O.BrH/c1-16-4-8-18(9-5-16)21-13-24-22(26-21)19-3-2-12-25(15-19)14-17-6-10-20(23)11-7-17;/h2-13,15H,14H2,1H3;1H/q+1;/p-1. The molecular weight excluding hydrogens is 407 g/mol. The summed E-state index contributed by atoms with van der Waals surface area (Å²) >= 11 is 0. The lowest BCUT2D eigenvalue weighted by Crippen LogP contribution is -3.00. The number of pyridine rings is 1. The van der Waals surface area contributed by atoms with Gasteiger partial charge in [0.2, 0.25) is 5.89 Å². The van der Waals surface area contributed by atoms with Gasteiger partial charge in [-0.15, -0.1) is 0 Å². The fraction of sp³-hybridized carbons (Fsp3) is 0.0909. The average Bonchev–Trinajstić information content (AvgIpc) is 3.15. The molecule has 0 spiro atoms. The fourth-order valence-electron chi connectivity index (χ4n) is 2.81. The molecule has 0 amide bonds. The molecular formula is C22H18BrFN2O. The normalized spacial score (nSPS) is 10.4. The van der Waals surface area contributed by atoms with Gasteiger partial charge in [0.1, 0.15) is 11.4 Å². The Balaban J connectivity index is 0.00000210. The molecule has 5 heteroatoms. The molecule has 0 fully saturated rings. The second kappa shape index (κ2) is 8.27. The Morgan fingerprint density at radius 3 is 2.44 bits per heavy atom. The van der Waals surface area contributed by atoms with Gasteiger partial charge >= 0.3 is 0 Å². The first-order valence-electron chi connectivity index (χ1n) is 8.44. The minimum absolute atomic E-state index is 0. The van der Waals surface area contributed by atoms with E-state index in [4.69, 9.17) is 4.42 Å². The summed E-state index contributed by atoms with van der Waals surface area (Å²) in [7, 11) is 0. The van der Waals surface area contributed by atoms with Crippen LogP contribution >= 0.6 is 0 Å². The van der Waals surface area contributed by atoms with E-state index in [1.165, 1.54) is 17.7 Å². The van der Waals surface area contributed by atoms with Crippen LogP contribution in [0.1, 0.15) is 11.1 Å². The van der Waals surface area contributed by atoms with Crippen LogP contribution < -0.4 is 21.5 Å². The zero-order chi connectivity index (χ0) is 17.9. The van der Waals surface area contributed by atoms with Crippen molar-refractivity contribution in [2.45, 2.75) is 13.5 Å². The van der Waals surface area contributed by atoms with E-state index in [1.54, 1.807) is 18.3 Å². The number of hydrogen-bond acceptors (Lipinski definition) is 2. The Hall–Kier alpha value is -2.79. The van der Waals surface area contributed by atoms with Crippen LogP contribution in [-0.2, 0) is 6.54 Å². The van der Waals surface area contributed by atoms with E-state index in [1.807, 2.05) is 41.2 Å². The fourth-order valence-corrected chi connectivity index (χ4v) is 2.81. The van der Waals surface area contributed by atoms with Gasteiger partial charge < -0.3 is 21.4 Å². The molecule has 2 heterocycles. The van der Waals surface area contributed by atoms with E-state index in [0.29, 0.717) is 12.4 Å². The zero-order valence-electron chi connectivity index (χ0n) is 14.8. The lowest BCUT2D eigenvalue weighted by atomic mass is 10.1. The number of aromatic nitrogens is 2. The average molecular weight is 425 g/mol. The number of benzene rings is 2. The first-order valence-corrected chi connectivity index (χ1v) is 8.44. The van der Waals surface area contributed by atoms with Crippen LogP contribution in [0.4, 0.5) is 4.39 Å². The van der Waals surface area contributed by atoms with E-state index < -0.39 is 0 Å². The van der Waals surface area contributed by atoms with Crippen LogP contribution in [-0.4, -0.2) is 4.98 Å². The van der Waals surface area contributed by atoms with Crippen molar-refractivity contribution in [2.24, 2.45) is 0 Å². The third kappa shape index (κ3) is 4.49. The lowest BCUT2D eigenvalue weighted by Gasteiger charge is -2.00. The summed E-state index contributed by atoms with van der Waals surface area (Å²) in [4.78, 5) is 4.42. The Morgan fingerprint density at radius 2 is 1.70 bits per heavy atom. The summed E-state index contributed by atoms with van der Waals surface area (Å²) in [6.07, 6.45) is 5.70. The van der Waals surface area contributed by atoms with Crippen LogP contribution in [0.3, 0.4) is 0 Å². The smallest absolute Gasteiger partial charge is 0.232 e. The molecule has 4 rings (SSSR count). The summed E-state index contributed by atoms with van der Waals surface area (Å²) in [6, 6.07) is 18.6. The molecule has 0 aliphatic heterocycles. The van der Waals surface area contributed by atoms with Crippen molar-refractivity contribution < 1.29 is 30.4 Å². The Kier molecular flexibility index (Phi) is 5.81. The molecule has 136 valence electrons. The first kappa shape index (κ1) is 19.0. The molecule has 0 aliphatic rings. The van der Waals surface area contributed by atoms with E-state index in [0.717, 1.165) is 22.5 Å². The maximum Gasteiger partial charge on any atom is 0.232 e. The van der Waals surface area contributed by atoms with Crippen LogP contribution in [0.5, 0.6) is 0 Å². The molecule has 0 aliphatic carbocycles.